The van der Waals surface area contributed by atoms with E-state index in [4.69, 9.17) is 5.11 Å². The van der Waals surface area contributed by atoms with E-state index < -0.39 is 5.97 Å². The number of hydrogen-bond acceptors (Lipinski definition) is 4. The zero-order chi connectivity index (χ0) is 12.4. The first-order chi connectivity index (χ1) is 8.13. The van der Waals surface area contributed by atoms with Crippen molar-refractivity contribution in [3.05, 3.63) is 30.1 Å². The van der Waals surface area contributed by atoms with Crippen molar-refractivity contribution in [1.82, 2.24) is 9.38 Å². The third kappa shape index (κ3) is 2.07. The van der Waals surface area contributed by atoms with Crippen molar-refractivity contribution in [2.75, 3.05) is 11.9 Å². The van der Waals surface area contributed by atoms with Crippen molar-refractivity contribution in [1.29, 1.82) is 0 Å². The Kier molecular flexibility index (Phi) is 2.97. The summed E-state index contributed by atoms with van der Waals surface area (Å²) in [6.45, 7) is 1.66. The van der Waals surface area contributed by atoms with E-state index in [1.807, 2.05) is 0 Å². The summed E-state index contributed by atoms with van der Waals surface area (Å²) < 4.78 is 1.49. The van der Waals surface area contributed by atoms with Gasteiger partial charge in [-0.2, -0.15) is 0 Å². The van der Waals surface area contributed by atoms with Crippen molar-refractivity contribution in [2.24, 2.45) is 0 Å². The minimum atomic E-state index is -1.06. The number of hydrogen-bond donors (Lipinski definition) is 3. The fraction of sp³-hybridized carbons (Fsp3) is 0.273. The molecule has 0 aliphatic carbocycles. The van der Waals surface area contributed by atoms with Crippen LogP contribution >= 0.6 is 0 Å². The van der Waals surface area contributed by atoms with Gasteiger partial charge in [0.05, 0.1) is 6.61 Å². The number of aliphatic hydroxyl groups is 1. The summed E-state index contributed by atoms with van der Waals surface area (Å²) in [5.74, 6) is -0.790. The van der Waals surface area contributed by atoms with E-state index >= 15 is 0 Å². The Labute approximate surface area is 97.5 Å². The lowest BCUT2D eigenvalue weighted by Crippen LogP contribution is -2.21. The summed E-state index contributed by atoms with van der Waals surface area (Å²) in [7, 11) is 0. The van der Waals surface area contributed by atoms with Gasteiger partial charge < -0.3 is 15.5 Å². The van der Waals surface area contributed by atoms with Gasteiger partial charge in [0.1, 0.15) is 5.65 Å². The molecule has 0 fully saturated rings. The minimum absolute atomic E-state index is 0.0703. The highest BCUT2D eigenvalue weighted by atomic mass is 16.4. The van der Waals surface area contributed by atoms with Crippen LogP contribution in [0.3, 0.4) is 0 Å². The fourth-order valence-electron chi connectivity index (χ4n) is 1.58. The molecular weight excluding hydrogens is 222 g/mol. The lowest BCUT2D eigenvalue weighted by Gasteiger charge is -2.09. The molecule has 90 valence electrons. The lowest BCUT2D eigenvalue weighted by molar-refractivity contribution is 0.0690. The first-order valence-electron chi connectivity index (χ1n) is 5.21. The van der Waals surface area contributed by atoms with Crippen molar-refractivity contribution >= 4 is 17.4 Å². The number of anilines is 1. The van der Waals surface area contributed by atoms with Gasteiger partial charge in [0.15, 0.2) is 11.5 Å². The molecule has 17 heavy (non-hydrogen) atoms. The van der Waals surface area contributed by atoms with Gasteiger partial charge in [-0.1, -0.05) is 6.07 Å². The third-order valence-electron chi connectivity index (χ3n) is 2.39. The van der Waals surface area contributed by atoms with Crippen LogP contribution in [-0.2, 0) is 0 Å². The van der Waals surface area contributed by atoms with Crippen LogP contribution in [0.15, 0.2) is 24.4 Å². The van der Waals surface area contributed by atoms with E-state index in [0.717, 1.165) is 0 Å². The maximum Gasteiger partial charge on any atom is 0.356 e. The number of aromatic carboxylic acids is 1. The molecule has 0 aliphatic heterocycles. The maximum absolute atomic E-state index is 11.2. The lowest BCUT2D eigenvalue weighted by atomic mass is 10.3. The van der Waals surface area contributed by atoms with Crippen molar-refractivity contribution in [3.63, 3.8) is 0 Å². The highest BCUT2D eigenvalue weighted by molar-refractivity contribution is 5.93. The molecule has 2 aromatic rings. The molecular formula is C11H13N3O3. The third-order valence-corrected chi connectivity index (χ3v) is 2.39. The van der Waals surface area contributed by atoms with E-state index in [2.05, 4.69) is 10.3 Å². The quantitative estimate of drug-likeness (QED) is 0.730. The molecule has 0 bridgehead atoms. The molecule has 0 radical (unpaired) electrons. The number of carbonyl (C=O) groups is 1. The molecule has 2 aromatic heterocycles. The highest BCUT2D eigenvalue weighted by Gasteiger charge is 2.19. The topological polar surface area (TPSA) is 86.9 Å². The van der Waals surface area contributed by atoms with Crippen LogP contribution in [0.25, 0.3) is 5.65 Å². The summed E-state index contributed by atoms with van der Waals surface area (Å²) in [4.78, 5) is 15.4. The van der Waals surface area contributed by atoms with Crippen LogP contribution in [0.2, 0.25) is 0 Å². The molecule has 6 heteroatoms. The van der Waals surface area contributed by atoms with Gasteiger partial charge in [0.25, 0.3) is 0 Å². The highest BCUT2D eigenvalue weighted by Crippen LogP contribution is 2.18. The van der Waals surface area contributed by atoms with E-state index in [-0.39, 0.29) is 24.2 Å². The Hall–Kier alpha value is -2.08. The number of rotatable bonds is 4. The van der Waals surface area contributed by atoms with Gasteiger partial charge in [-0.05, 0) is 19.1 Å². The maximum atomic E-state index is 11.2. The number of carboxylic acid groups (broad SMARTS) is 1. The second-order valence-electron chi connectivity index (χ2n) is 3.77. The molecule has 2 rings (SSSR count). The number of aromatic nitrogens is 2. The fourth-order valence-corrected chi connectivity index (χ4v) is 1.58. The molecule has 0 spiro atoms. The SMILES string of the molecule is CC(CO)Nc1nc2ccccn2c1C(=O)O. The monoisotopic (exact) mass is 235 g/mol. The normalized spacial score (nSPS) is 12.6. The van der Waals surface area contributed by atoms with Crippen LogP contribution in [0.5, 0.6) is 0 Å². The first kappa shape index (κ1) is 11.4. The predicted octanol–water partition coefficient (Wildman–Crippen LogP) is 0.825. The molecule has 1 atom stereocenters. The molecule has 1 unspecified atom stereocenters. The zero-order valence-electron chi connectivity index (χ0n) is 9.29. The van der Waals surface area contributed by atoms with Crippen LogP contribution in [0, 0.1) is 0 Å². The molecule has 6 nitrogen and oxygen atoms in total. The van der Waals surface area contributed by atoms with Gasteiger partial charge in [0.2, 0.25) is 0 Å². The Bertz CT molecular complexity index is 550. The number of imidazole rings is 1. The number of nitrogens with one attached hydrogen (secondary N) is 1. The summed E-state index contributed by atoms with van der Waals surface area (Å²) in [6.07, 6.45) is 1.64. The number of nitrogens with zero attached hydrogens (tertiary/aromatic N) is 2. The minimum Gasteiger partial charge on any atom is -0.476 e. The molecule has 3 N–H and O–H groups in total. The number of aliphatic hydroxyl groups excluding tert-OH is 1. The number of pyridine rings is 1. The number of carboxylic acids is 1. The second-order valence-corrected chi connectivity index (χ2v) is 3.77. The zero-order valence-corrected chi connectivity index (χ0v) is 9.29. The van der Waals surface area contributed by atoms with Gasteiger partial charge in [0, 0.05) is 12.2 Å². The van der Waals surface area contributed by atoms with Crippen molar-refractivity contribution < 1.29 is 15.0 Å². The molecule has 2 heterocycles. The Morgan fingerprint density at radius 2 is 2.35 bits per heavy atom. The summed E-state index contributed by atoms with van der Waals surface area (Å²) in [6, 6.07) is 4.99. The van der Waals surface area contributed by atoms with Gasteiger partial charge >= 0.3 is 5.97 Å². The van der Waals surface area contributed by atoms with Crippen molar-refractivity contribution in [2.45, 2.75) is 13.0 Å². The van der Waals surface area contributed by atoms with Crippen LogP contribution < -0.4 is 5.32 Å². The van der Waals surface area contributed by atoms with Gasteiger partial charge in [-0.25, -0.2) is 9.78 Å². The van der Waals surface area contributed by atoms with Crippen LogP contribution in [0.1, 0.15) is 17.4 Å². The molecule has 0 saturated heterocycles. The summed E-state index contributed by atoms with van der Waals surface area (Å²) >= 11 is 0. The molecule has 0 aromatic carbocycles. The average Bonchev–Trinajstić information content (AvgIpc) is 2.66. The number of fused-ring (bicyclic) bond motifs is 1. The largest absolute Gasteiger partial charge is 0.476 e. The average molecular weight is 235 g/mol. The Morgan fingerprint density at radius 3 is 3.00 bits per heavy atom. The summed E-state index contributed by atoms with van der Waals surface area (Å²) in [5.41, 5.74) is 0.624. The predicted molar refractivity (Wildman–Crippen MR) is 62.3 cm³/mol. The molecule has 0 amide bonds. The van der Waals surface area contributed by atoms with Crippen LogP contribution in [0.4, 0.5) is 5.82 Å². The Balaban J connectivity index is 2.54. The standard InChI is InChI=1S/C11H13N3O3/c1-7(6-15)12-10-9(11(16)17)14-5-3-2-4-8(14)13-10/h2-5,7,12,15H,6H2,1H3,(H,16,17). The second kappa shape index (κ2) is 4.42. The first-order valence-corrected chi connectivity index (χ1v) is 5.21. The van der Waals surface area contributed by atoms with E-state index in [1.54, 1.807) is 31.3 Å². The summed E-state index contributed by atoms with van der Waals surface area (Å²) in [5, 5.41) is 21.0. The van der Waals surface area contributed by atoms with Gasteiger partial charge in [-0.15, -0.1) is 0 Å². The molecule has 0 aliphatic rings. The smallest absolute Gasteiger partial charge is 0.356 e. The van der Waals surface area contributed by atoms with Gasteiger partial charge in [-0.3, -0.25) is 4.40 Å². The molecule has 0 saturated carbocycles. The van der Waals surface area contributed by atoms with Crippen LogP contribution in [-0.4, -0.2) is 38.2 Å². The Morgan fingerprint density at radius 1 is 1.59 bits per heavy atom. The van der Waals surface area contributed by atoms with E-state index in [1.165, 1.54) is 4.40 Å². The van der Waals surface area contributed by atoms with E-state index in [0.29, 0.717) is 5.65 Å². The van der Waals surface area contributed by atoms with E-state index in [9.17, 15) is 9.90 Å². The van der Waals surface area contributed by atoms with Crippen molar-refractivity contribution in [3.8, 4) is 0 Å².